The molecule has 0 aliphatic carbocycles. The Bertz CT molecular complexity index is 267. The molecule has 2 rings (SSSR count). The second kappa shape index (κ2) is 3.76. The van der Waals surface area contributed by atoms with Gasteiger partial charge >= 0.3 is 0 Å². The maximum Gasteiger partial charge on any atom is 0.225 e. The lowest BCUT2D eigenvalue weighted by Crippen LogP contribution is -2.54. The van der Waals surface area contributed by atoms with Crippen molar-refractivity contribution in [1.29, 1.82) is 0 Å². The maximum atomic E-state index is 11.6. The first-order valence-electron chi connectivity index (χ1n) is 5.64. The van der Waals surface area contributed by atoms with Crippen LogP contribution in [-0.4, -0.2) is 60.6 Å². The summed E-state index contributed by atoms with van der Waals surface area (Å²) < 4.78 is 5.84. The van der Waals surface area contributed by atoms with Crippen LogP contribution < -0.4 is 0 Å². The lowest BCUT2D eigenvalue weighted by Gasteiger charge is -2.41. The quantitative estimate of drug-likeness (QED) is 0.628. The van der Waals surface area contributed by atoms with Crippen molar-refractivity contribution in [2.24, 2.45) is 0 Å². The molecule has 4 nitrogen and oxygen atoms in total. The summed E-state index contributed by atoms with van der Waals surface area (Å²) >= 11 is 0. The van der Waals surface area contributed by atoms with E-state index in [1.807, 2.05) is 7.05 Å². The van der Waals surface area contributed by atoms with Gasteiger partial charge in [0, 0.05) is 26.2 Å². The van der Waals surface area contributed by atoms with Crippen molar-refractivity contribution in [1.82, 2.24) is 9.80 Å². The van der Waals surface area contributed by atoms with Gasteiger partial charge in [0.2, 0.25) is 5.91 Å². The van der Waals surface area contributed by atoms with E-state index in [-0.39, 0.29) is 11.5 Å². The molecule has 1 spiro atoms. The minimum atomic E-state index is -0.228. The number of hydrogen-bond acceptors (Lipinski definition) is 3. The van der Waals surface area contributed by atoms with E-state index in [0.29, 0.717) is 12.5 Å². The number of morpholine rings is 1. The predicted molar refractivity (Wildman–Crippen MR) is 57.6 cm³/mol. The summed E-state index contributed by atoms with van der Waals surface area (Å²) in [6.07, 6.45) is 0.548. The number of carbonyl (C=O) groups excluding carboxylic acids is 1. The Kier molecular flexibility index (Phi) is 2.73. The number of hydrogen-bond donors (Lipinski definition) is 0. The summed E-state index contributed by atoms with van der Waals surface area (Å²) in [6.45, 7) is 7.76. The van der Waals surface area contributed by atoms with Crippen molar-refractivity contribution in [3.63, 3.8) is 0 Å². The number of amides is 1. The Hall–Kier alpha value is -0.610. The maximum absolute atomic E-state index is 11.6. The van der Waals surface area contributed by atoms with Crippen LogP contribution in [0.5, 0.6) is 0 Å². The van der Waals surface area contributed by atoms with Gasteiger partial charge in [-0.1, -0.05) is 0 Å². The molecule has 0 aromatic heterocycles. The van der Waals surface area contributed by atoms with Crippen LogP contribution in [0.1, 0.15) is 20.3 Å². The molecular formula is C11H20N2O2. The number of ether oxygens (including phenoxy) is 1. The fourth-order valence-corrected chi connectivity index (χ4v) is 2.50. The zero-order chi connectivity index (χ0) is 11.1. The standard InChI is InChI=1S/C11H20N2O2/c1-9(2)13-4-5-15-11(8-13)6-10(14)12(3)7-11/h9H,4-8H2,1-3H3. The molecule has 2 aliphatic rings. The Balaban J connectivity index is 2.06. The van der Waals surface area contributed by atoms with Gasteiger partial charge in [-0.25, -0.2) is 0 Å². The highest BCUT2D eigenvalue weighted by atomic mass is 16.5. The second-order valence-electron chi connectivity index (χ2n) is 5.02. The molecule has 0 N–H and O–H groups in total. The monoisotopic (exact) mass is 212 g/mol. The van der Waals surface area contributed by atoms with Crippen molar-refractivity contribution in [3.05, 3.63) is 0 Å². The lowest BCUT2D eigenvalue weighted by atomic mass is 9.99. The predicted octanol–water partition coefficient (Wildman–Crippen LogP) is 0.328. The largest absolute Gasteiger partial charge is 0.370 e. The van der Waals surface area contributed by atoms with Gasteiger partial charge in [0.1, 0.15) is 5.60 Å². The van der Waals surface area contributed by atoms with Gasteiger partial charge in [-0.2, -0.15) is 0 Å². The summed E-state index contributed by atoms with van der Waals surface area (Å²) in [4.78, 5) is 15.7. The van der Waals surface area contributed by atoms with Crippen LogP contribution in [0.3, 0.4) is 0 Å². The Morgan fingerprint density at radius 3 is 2.67 bits per heavy atom. The van der Waals surface area contributed by atoms with Gasteiger partial charge < -0.3 is 9.64 Å². The molecule has 2 saturated heterocycles. The first kappa shape index (κ1) is 10.9. The minimum absolute atomic E-state index is 0.209. The topological polar surface area (TPSA) is 32.8 Å². The zero-order valence-electron chi connectivity index (χ0n) is 9.82. The van der Waals surface area contributed by atoms with Gasteiger partial charge in [-0.05, 0) is 13.8 Å². The second-order valence-corrected chi connectivity index (χ2v) is 5.02. The van der Waals surface area contributed by atoms with E-state index in [1.165, 1.54) is 0 Å². The molecule has 0 saturated carbocycles. The third-order valence-electron chi connectivity index (χ3n) is 3.43. The number of nitrogens with zero attached hydrogens (tertiary/aromatic N) is 2. The first-order chi connectivity index (χ1) is 7.02. The molecule has 4 heteroatoms. The van der Waals surface area contributed by atoms with Gasteiger partial charge in [0.25, 0.3) is 0 Å². The summed E-state index contributed by atoms with van der Waals surface area (Å²) in [6, 6.07) is 0.534. The SMILES string of the molecule is CC(C)N1CCOC2(CC(=O)N(C)C2)C1. The fourth-order valence-electron chi connectivity index (χ4n) is 2.50. The van der Waals surface area contributed by atoms with Crippen LogP contribution in [0.4, 0.5) is 0 Å². The van der Waals surface area contributed by atoms with Crippen LogP contribution in [0, 0.1) is 0 Å². The van der Waals surface area contributed by atoms with Gasteiger partial charge in [-0.3, -0.25) is 9.69 Å². The molecule has 86 valence electrons. The van der Waals surface area contributed by atoms with E-state index < -0.39 is 0 Å². The Labute approximate surface area is 91.2 Å². The van der Waals surface area contributed by atoms with Crippen molar-refractivity contribution < 1.29 is 9.53 Å². The highest BCUT2D eigenvalue weighted by molar-refractivity contribution is 5.79. The summed E-state index contributed by atoms with van der Waals surface area (Å²) in [5.41, 5.74) is -0.228. The smallest absolute Gasteiger partial charge is 0.225 e. The summed E-state index contributed by atoms with van der Waals surface area (Å²) in [7, 11) is 1.86. The van der Waals surface area contributed by atoms with Crippen molar-refractivity contribution in [2.75, 3.05) is 33.3 Å². The molecule has 15 heavy (non-hydrogen) atoms. The average Bonchev–Trinajstić information content (AvgIpc) is 2.42. The van der Waals surface area contributed by atoms with E-state index in [0.717, 1.165) is 26.2 Å². The number of likely N-dealkylation sites (tertiary alicyclic amines) is 1. The molecule has 0 bridgehead atoms. The van der Waals surface area contributed by atoms with E-state index in [4.69, 9.17) is 4.74 Å². The highest BCUT2D eigenvalue weighted by Crippen LogP contribution is 2.29. The molecule has 1 amide bonds. The minimum Gasteiger partial charge on any atom is -0.370 e. The first-order valence-corrected chi connectivity index (χ1v) is 5.64. The number of carbonyl (C=O) groups is 1. The van der Waals surface area contributed by atoms with Gasteiger partial charge in [0.05, 0.1) is 19.6 Å². The molecule has 1 atom stereocenters. The average molecular weight is 212 g/mol. The van der Waals surface area contributed by atoms with Crippen LogP contribution in [0.25, 0.3) is 0 Å². The Morgan fingerprint density at radius 2 is 2.13 bits per heavy atom. The van der Waals surface area contributed by atoms with Crippen LogP contribution in [0.2, 0.25) is 0 Å². The summed E-state index contributed by atoms with van der Waals surface area (Å²) in [5, 5.41) is 0. The van der Waals surface area contributed by atoms with E-state index in [9.17, 15) is 4.79 Å². The van der Waals surface area contributed by atoms with Crippen LogP contribution in [0.15, 0.2) is 0 Å². The molecule has 2 heterocycles. The lowest BCUT2D eigenvalue weighted by molar-refractivity contribution is -0.129. The highest BCUT2D eigenvalue weighted by Gasteiger charge is 2.46. The fraction of sp³-hybridized carbons (Fsp3) is 0.909. The zero-order valence-corrected chi connectivity index (χ0v) is 9.82. The molecule has 0 aromatic rings. The van der Waals surface area contributed by atoms with Gasteiger partial charge in [-0.15, -0.1) is 0 Å². The van der Waals surface area contributed by atoms with Crippen LogP contribution in [-0.2, 0) is 9.53 Å². The van der Waals surface area contributed by atoms with Crippen molar-refractivity contribution >= 4 is 5.91 Å². The van der Waals surface area contributed by atoms with E-state index in [2.05, 4.69) is 18.7 Å². The molecular weight excluding hydrogens is 192 g/mol. The molecule has 0 aromatic carbocycles. The van der Waals surface area contributed by atoms with Crippen LogP contribution >= 0.6 is 0 Å². The third-order valence-corrected chi connectivity index (χ3v) is 3.43. The van der Waals surface area contributed by atoms with E-state index in [1.54, 1.807) is 4.90 Å². The van der Waals surface area contributed by atoms with E-state index >= 15 is 0 Å². The summed E-state index contributed by atoms with van der Waals surface area (Å²) in [5.74, 6) is 0.209. The van der Waals surface area contributed by atoms with Crippen molar-refractivity contribution in [2.45, 2.75) is 31.9 Å². The third kappa shape index (κ3) is 2.01. The Morgan fingerprint density at radius 1 is 1.40 bits per heavy atom. The molecule has 2 aliphatic heterocycles. The molecule has 0 radical (unpaired) electrons. The molecule has 1 unspecified atom stereocenters. The number of rotatable bonds is 1. The normalized spacial score (nSPS) is 33.3. The molecule has 2 fully saturated rings. The van der Waals surface area contributed by atoms with Gasteiger partial charge in [0.15, 0.2) is 0 Å². The number of likely N-dealkylation sites (N-methyl/N-ethyl adjacent to an activating group) is 1. The van der Waals surface area contributed by atoms with Crippen molar-refractivity contribution in [3.8, 4) is 0 Å².